The van der Waals surface area contributed by atoms with Crippen molar-refractivity contribution in [2.24, 2.45) is 11.8 Å². The number of carbonyl (C=O) groups is 1. The number of rotatable bonds is 1. The lowest BCUT2D eigenvalue weighted by atomic mass is 9.88. The Morgan fingerprint density at radius 2 is 2.00 bits per heavy atom. The van der Waals surface area contributed by atoms with Gasteiger partial charge < -0.3 is 10.2 Å². The van der Waals surface area contributed by atoms with Crippen molar-refractivity contribution in [2.75, 3.05) is 26.2 Å². The van der Waals surface area contributed by atoms with Crippen LogP contribution in [-0.4, -0.2) is 37.0 Å². The van der Waals surface area contributed by atoms with E-state index in [0.717, 1.165) is 50.5 Å². The molecule has 0 bridgehead atoms. The Morgan fingerprint density at radius 3 is 2.95 bits per heavy atom. The minimum absolute atomic E-state index is 0.241. The van der Waals surface area contributed by atoms with E-state index in [4.69, 9.17) is 0 Å². The molecule has 1 aromatic carbocycles. The van der Waals surface area contributed by atoms with Crippen LogP contribution in [-0.2, 0) is 12.8 Å². The van der Waals surface area contributed by atoms with Crippen molar-refractivity contribution < 1.29 is 4.79 Å². The van der Waals surface area contributed by atoms with Crippen molar-refractivity contribution in [3.63, 3.8) is 0 Å². The number of hydrogen-bond acceptors (Lipinski definition) is 2. The maximum atomic E-state index is 12.7. The smallest absolute Gasteiger partial charge is 0.253 e. The first-order valence-corrected chi connectivity index (χ1v) is 7.93. The van der Waals surface area contributed by atoms with Gasteiger partial charge in [0.15, 0.2) is 0 Å². The van der Waals surface area contributed by atoms with Gasteiger partial charge in [0.1, 0.15) is 0 Å². The Morgan fingerprint density at radius 1 is 1.15 bits per heavy atom. The minimum atomic E-state index is 0.241. The fourth-order valence-electron chi connectivity index (χ4n) is 4.11. The molecule has 2 fully saturated rings. The summed E-state index contributed by atoms with van der Waals surface area (Å²) in [6, 6.07) is 6.34. The first kappa shape index (κ1) is 12.4. The Bertz CT molecular complexity index is 540. The van der Waals surface area contributed by atoms with Crippen LogP contribution in [0.1, 0.15) is 34.3 Å². The number of benzene rings is 1. The van der Waals surface area contributed by atoms with E-state index in [1.807, 2.05) is 6.07 Å². The molecule has 1 N–H and O–H groups in total. The van der Waals surface area contributed by atoms with E-state index in [1.165, 1.54) is 24.0 Å². The lowest BCUT2D eigenvalue weighted by Gasteiger charge is -2.34. The predicted molar refractivity (Wildman–Crippen MR) is 78.8 cm³/mol. The lowest BCUT2D eigenvalue weighted by molar-refractivity contribution is 0.0642. The third-order valence-electron chi connectivity index (χ3n) is 5.34. The molecule has 1 amide bonds. The third-order valence-corrected chi connectivity index (χ3v) is 5.34. The Balaban J connectivity index is 1.52. The number of hydrogen-bond donors (Lipinski definition) is 1. The summed E-state index contributed by atoms with van der Waals surface area (Å²) in [5, 5.41) is 3.46. The van der Waals surface area contributed by atoms with Gasteiger partial charge in [-0.2, -0.15) is 0 Å². The zero-order valence-electron chi connectivity index (χ0n) is 11.9. The van der Waals surface area contributed by atoms with Crippen molar-refractivity contribution >= 4 is 5.91 Å². The maximum Gasteiger partial charge on any atom is 0.253 e. The van der Waals surface area contributed by atoms with E-state index in [0.29, 0.717) is 5.92 Å². The van der Waals surface area contributed by atoms with Gasteiger partial charge in [0.05, 0.1) is 0 Å². The van der Waals surface area contributed by atoms with E-state index in [9.17, 15) is 4.79 Å². The van der Waals surface area contributed by atoms with Crippen molar-refractivity contribution in [2.45, 2.75) is 25.7 Å². The first-order valence-electron chi connectivity index (χ1n) is 7.93. The molecule has 2 atom stereocenters. The highest BCUT2D eigenvalue weighted by molar-refractivity contribution is 5.94. The first-order chi connectivity index (χ1) is 9.81. The number of likely N-dealkylation sites (tertiary alicyclic amines) is 1. The van der Waals surface area contributed by atoms with Gasteiger partial charge in [-0.15, -0.1) is 0 Å². The summed E-state index contributed by atoms with van der Waals surface area (Å²) < 4.78 is 0. The summed E-state index contributed by atoms with van der Waals surface area (Å²) in [7, 11) is 0. The molecule has 4 rings (SSSR count). The number of carbonyl (C=O) groups excluding carboxylic acids is 1. The van der Waals surface area contributed by atoms with E-state index >= 15 is 0 Å². The largest absolute Gasteiger partial charge is 0.338 e. The van der Waals surface area contributed by atoms with Crippen LogP contribution < -0.4 is 5.32 Å². The topological polar surface area (TPSA) is 32.3 Å². The standard InChI is InChI=1S/C17H22N2O/c20-17(14-5-4-12-2-1-3-13(12)8-14)19-7-6-15-9-18-10-16(15)11-19/h4-5,8,15-16,18H,1-3,6-7,9-11H2. The fourth-order valence-corrected chi connectivity index (χ4v) is 4.11. The highest BCUT2D eigenvalue weighted by Crippen LogP contribution is 2.28. The summed E-state index contributed by atoms with van der Waals surface area (Å²) in [6.45, 7) is 4.09. The molecular formula is C17H22N2O. The molecule has 20 heavy (non-hydrogen) atoms. The number of nitrogens with one attached hydrogen (secondary N) is 1. The number of amides is 1. The van der Waals surface area contributed by atoms with Gasteiger partial charge in [-0.25, -0.2) is 0 Å². The molecule has 0 aromatic heterocycles. The number of fused-ring (bicyclic) bond motifs is 2. The van der Waals surface area contributed by atoms with Gasteiger partial charge in [0, 0.05) is 18.7 Å². The molecule has 1 aromatic rings. The number of piperidine rings is 1. The SMILES string of the molecule is O=C(c1ccc2c(c1)CCC2)N1CCC2CNCC2C1. The average Bonchev–Trinajstić information content (AvgIpc) is 3.13. The van der Waals surface area contributed by atoms with Crippen LogP contribution in [0.15, 0.2) is 18.2 Å². The molecule has 3 aliphatic rings. The molecular weight excluding hydrogens is 248 g/mol. The second kappa shape index (κ2) is 4.88. The molecule has 2 heterocycles. The summed E-state index contributed by atoms with van der Waals surface area (Å²) in [5.74, 6) is 1.70. The molecule has 2 unspecified atom stereocenters. The second-order valence-corrected chi connectivity index (χ2v) is 6.56. The van der Waals surface area contributed by atoms with Crippen LogP contribution in [0.25, 0.3) is 0 Å². The molecule has 0 saturated carbocycles. The van der Waals surface area contributed by atoms with Crippen molar-refractivity contribution in [1.29, 1.82) is 0 Å². The van der Waals surface area contributed by atoms with Crippen molar-refractivity contribution in [3.05, 3.63) is 34.9 Å². The van der Waals surface area contributed by atoms with E-state index in [2.05, 4.69) is 22.3 Å². The third kappa shape index (κ3) is 2.05. The number of aryl methyl sites for hydroxylation is 2. The Labute approximate surface area is 120 Å². The van der Waals surface area contributed by atoms with Crippen LogP contribution in [0.2, 0.25) is 0 Å². The number of nitrogens with zero attached hydrogens (tertiary/aromatic N) is 1. The molecule has 2 aliphatic heterocycles. The van der Waals surface area contributed by atoms with E-state index < -0.39 is 0 Å². The zero-order valence-corrected chi connectivity index (χ0v) is 11.9. The van der Waals surface area contributed by atoms with Gasteiger partial charge in [0.25, 0.3) is 5.91 Å². The molecule has 0 radical (unpaired) electrons. The summed E-state index contributed by atoms with van der Waals surface area (Å²) in [5.41, 5.74) is 3.74. The minimum Gasteiger partial charge on any atom is -0.338 e. The van der Waals surface area contributed by atoms with E-state index in [-0.39, 0.29) is 5.91 Å². The zero-order chi connectivity index (χ0) is 13.5. The molecule has 106 valence electrons. The van der Waals surface area contributed by atoms with Gasteiger partial charge in [-0.3, -0.25) is 4.79 Å². The summed E-state index contributed by atoms with van der Waals surface area (Å²) in [6.07, 6.45) is 4.73. The molecule has 3 nitrogen and oxygen atoms in total. The second-order valence-electron chi connectivity index (χ2n) is 6.56. The predicted octanol–water partition coefficient (Wildman–Crippen LogP) is 1.86. The molecule has 1 aliphatic carbocycles. The van der Waals surface area contributed by atoms with Crippen LogP contribution in [0.4, 0.5) is 0 Å². The lowest BCUT2D eigenvalue weighted by Crippen LogP contribution is -2.43. The van der Waals surface area contributed by atoms with Gasteiger partial charge in [-0.1, -0.05) is 6.07 Å². The molecule has 3 heteroatoms. The van der Waals surface area contributed by atoms with Crippen molar-refractivity contribution in [1.82, 2.24) is 10.2 Å². The fraction of sp³-hybridized carbons (Fsp3) is 0.588. The highest BCUT2D eigenvalue weighted by Gasteiger charge is 2.34. The average molecular weight is 270 g/mol. The summed E-state index contributed by atoms with van der Waals surface area (Å²) in [4.78, 5) is 14.8. The van der Waals surface area contributed by atoms with Crippen LogP contribution >= 0.6 is 0 Å². The van der Waals surface area contributed by atoms with Crippen molar-refractivity contribution in [3.8, 4) is 0 Å². The summed E-state index contributed by atoms with van der Waals surface area (Å²) >= 11 is 0. The van der Waals surface area contributed by atoms with Crippen LogP contribution in [0, 0.1) is 11.8 Å². The Hall–Kier alpha value is -1.35. The van der Waals surface area contributed by atoms with Gasteiger partial charge in [0.2, 0.25) is 0 Å². The monoisotopic (exact) mass is 270 g/mol. The quantitative estimate of drug-likeness (QED) is 0.845. The van der Waals surface area contributed by atoms with E-state index in [1.54, 1.807) is 0 Å². The highest BCUT2D eigenvalue weighted by atomic mass is 16.2. The normalized spacial score (nSPS) is 28.3. The van der Waals surface area contributed by atoms with Gasteiger partial charge >= 0.3 is 0 Å². The maximum absolute atomic E-state index is 12.7. The van der Waals surface area contributed by atoms with Crippen LogP contribution in [0.5, 0.6) is 0 Å². The van der Waals surface area contributed by atoms with Crippen LogP contribution in [0.3, 0.4) is 0 Å². The molecule has 2 saturated heterocycles. The Kier molecular flexibility index (Phi) is 3.03. The molecule has 0 spiro atoms. The van der Waals surface area contributed by atoms with Gasteiger partial charge in [-0.05, 0) is 73.9 Å².